The molecule has 0 unspecified atom stereocenters. The minimum Gasteiger partial charge on any atom is -0.487 e. The highest BCUT2D eigenvalue weighted by Gasteiger charge is 2.03. The van der Waals surface area contributed by atoms with Crippen LogP contribution in [0.2, 0.25) is 10.0 Å². The van der Waals surface area contributed by atoms with Gasteiger partial charge in [0.15, 0.2) is 0 Å². The van der Waals surface area contributed by atoms with Gasteiger partial charge in [-0.05, 0) is 41.5 Å². The largest absolute Gasteiger partial charge is 0.487 e. The van der Waals surface area contributed by atoms with Gasteiger partial charge < -0.3 is 9.84 Å². The maximum absolute atomic E-state index is 10.5. The summed E-state index contributed by atoms with van der Waals surface area (Å²) in [5.41, 5.74) is 1.63. The molecule has 0 aromatic heterocycles. The number of halogens is 2. The smallest absolute Gasteiger partial charge is 0.328 e. The fourth-order valence-corrected chi connectivity index (χ4v) is 2.15. The van der Waals surface area contributed by atoms with Gasteiger partial charge in [-0.1, -0.05) is 41.4 Å². The lowest BCUT2D eigenvalue weighted by atomic mass is 10.2. The summed E-state index contributed by atoms with van der Waals surface area (Å²) in [5, 5.41) is 9.65. The van der Waals surface area contributed by atoms with Gasteiger partial charge >= 0.3 is 5.97 Å². The van der Waals surface area contributed by atoms with Gasteiger partial charge in [-0.25, -0.2) is 4.79 Å². The van der Waals surface area contributed by atoms with Crippen molar-refractivity contribution in [3.8, 4) is 5.75 Å². The van der Waals surface area contributed by atoms with Crippen molar-refractivity contribution in [2.45, 2.75) is 6.61 Å². The number of carboxylic acid groups (broad SMARTS) is 1. The summed E-state index contributed by atoms with van der Waals surface area (Å²) < 4.78 is 5.63. The van der Waals surface area contributed by atoms with Crippen LogP contribution in [0.15, 0.2) is 48.5 Å². The van der Waals surface area contributed by atoms with Crippen LogP contribution in [0.25, 0.3) is 6.08 Å². The number of hydrogen-bond acceptors (Lipinski definition) is 2. The van der Waals surface area contributed by atoms with Gasteiger partial charge in [0.25, 0.3) is 0 Å². The van der Waals surface area contributed by atoms with E-state index >= 15 is 0 Å². The van der Waals surface area contributed by atoms with Gasteiger partial charge in [-0.3, -0.25) is 0 Å². The lowest BCUT2D eigenvalue weighted by Crippen LogP contribution is -1.96. The zero-order chi connectivity index (χ0) is 15.2. The number of carbonyl (C=O) groups is 1. The maximum Gasteiger partial charge on any atom is 0.328 e. The molecule has 1 N–H and O–H groups in total. The minimum absolute atomic E-state index is 0.352. The molecule has 2 rings (SSSR count). The molecule has 0 saturated carbocycles. The Bertz CT molecular complexity index is 681. The first kappa shape index (κ1) is 15.4. The van der Waals surface area contributed by atoms with Crippen LogP contribution in [0.4, 0.5) is 0 Å². The summed E-state index contributed by atoms with van der Waals surface area (Å²) in [7, 11) is 0. The zero-order valence-electron chi connectivity index (χ0n) is 10.9. The molecule has 2 aromatic carbocycles. The molecular formula is C16H12Cl2O3. The predicted molar refractivity (Wildman–Crippen MR) is 83.9 cm³/mol. The number of rotatable bonds is 5. The standard InChI is InChI=1S/C16H12Cl2O3/c17-13-3-1-2-12(8-13)10-21-15-6-4-11(9-14(15)18)5-7-16(19)20/h1-9H,10H2,(H,19,20). The van der Waals surface area contributed by atoms with Crippen molar-refractivity contribution in [3.05, 3.63) is 69.7 Å². The second kappa shape index (κ2) is 7.16. The molecule has 0 bridgehead atoms. The van der Waals surface area contributed by atoms with E-state index < -0.39 is 5.97 Å². The highest BCUT2D eigenvalue weighted by Crippen LogP contribution is 2.27. The van der Waals surface area contributed by atoms with Crippen LogP contribution in [0.1, 0.15) is 11.1 Å². The van der Waals surface area contributed by atoms with E-state index in [1.807, 2.05) is 18.2 Å². The number of ether oxygens (including phenoxy) is 1. The fraction of sp³-hybridized carbons (Fsp3) is 0.0625. The van der Waals surface area contributed by atoms with Gasteiger partial charge in [0.2, 0.25) is 0 Å². The number of aliphatic carboxylic acids is 1. The van der Waals surface area contributed by atoms with Gasteiger partial charge in [0.1, 0.15) is 12.4 Å². The van der Waals surface area contributed by atoms with E-state index in [1.54, 1.807) is 24.3 Å². The van der Waals surface area contributed by atoms with E-state index in [1.165, 1.54) is 6.08 Å². The molecule has 0 aliphatic carbocycles. The van der Waals surface area contributed by atoms with Crippen LogP contribution in [0.5, 0.6) is 5.75 Å². The molecule has 108 valence electrons. The first-order valence-electron chi connectivity index (χ1n) is 6.12. The van der Waals surface area contributed by atoms with E-state index in [9.17, 15) is 4.79 Å². The van der Waals surface area contributed by atoms with Crippen molar-refractivity contribution in [2.24, 2.45) is 0 Å². The minimum atomic E-state index is -1.01. The molecule has 0 fully saturated rings. The molecule has 21 heavy (non-hydrogen) atoms. The van der Waals surface area contributed by atoms with Crippen molar-refractivity contribution in [3.63, 3.8) is 0 Å². The number of hydrogen-bond donors (Lipinski definition) is 1. The Morgan fingerprint density at radius 1 is 1.19 bits per heavy atom. The molecule has 0 spiro atoms. The third-order valence-corrected chi connectivity index (χ3v) is 3.19. The van der Waals surface area contributed by atoms with E-state index in [4.69, 9.17) is 33.0 Å². The molecular weight excluding hydrogens is 311 g/mol. The topological polar surface area (TPSA) is 46.5 Å². The Labute approximate surface area is 132 Å². The van der Waals surface area contributed by atoms with Gasteiger partial charge in [-0.15, -0.1) is 0 Å². The van der Waals surface area contributed by atoms with Crippen molar-refractivity contribution in [1.29, 1.82) is 0 Å². The molecule has 0 aliphatic heterocycles. The summed E-state index contributed by atoms with van der Waals surface area (Å²) in [6.07, 6.45) is 2.52. The molecule has 0 amide bonds. The molecule has 0 aliphatic rings. The SMILES string of the molecule is O=C(O)C=Cc1ccc(OCc2cccc(Cl)c2)c(Cl)c1. The molecule has 0 radical (unpaired) electrons. The van der Waals surface area contributed by atoms with Crippen molar-refractivity contribution >= 4 is 35.2 Å². The molecule has 0 saturated heterocycles. The highest BCUT2D eigenvalue weighted by molar-refractivity contribution is 6.32. The summed E-state index contributed by atoms with van der Waals surface area (Å²) in [6, 6.07) is 12.5. The second-order valence-electron chi connectivity index (χ2n) is 4.28. The average molecular weight is 323 g/mol. The first-order valence-corrected chi connectivity index (χ1v) is 6.88. The highest BCUT2D eigenvalue weighted by atomic mass is 35.5. The molecule has 5 heteroatoms. The van der Waals surface area contributed by atoms with Crippen molar-refractivity contribution in [2.75, 3.05) is 0 Å². The predicted octanol–water partition coefficient (Wildman–Crippen LogP) is 4.67. The molecule has 0 atom stereocenters. The molecule has 2 aromatic rings. The second-order valence-corrected chi connectivity index (χ2v) is 5.12. The number of benzene rings is 2. The normalized spacial score (nSPS) is 10.8. The quantitative estimate of drug-likeness (QED) is 0.813. The third-order valence-electron chi connectivity index (χ3n) is 2.66. The number of carboxylic acids is 1. The van der Waals surface area contributed by atoms with Crippen LogP contribution < -0.4 is 4.74 Å². The maximum atomic E-state index is 10.5. The van der Waals surface area contributed by atoms with Crippen molar-refractivity contribution in [1.82, 2.24) is 0 Å². The van der Waals surface area contributed by atoms with E-state index in [0.717, 1.165) is 11.6 Å². The van der Waals surface area contributed by atoms with Crippen molar-refractivity contribution < 1.29 is 14.6 Å². The zero-order valence-corrected chi connectivity index (χ0v) is 12.4. The Morgan fingerprint density at radius 2 is 2.00 bits per heavy atom. The average Bonchev–Trinajstić information content (AvgIpc) is 2.44. The molecule has 3 nitrogen and oxygen atoms in total. The van der Waals surface area contributed by atoms with Crippen LogP contribution >= 0.6 is 23.2 Å². The summed E-state index contributed by atoms with van der Waals surface area (Å²) in [4.78, 5) is 10.5. The van der Waals surface area contributed by atoms with E-state index in [-0.39, 0.29) is 0 Å². The van der Waals surface area contributed by atoms with Gasteiger partial charge in [0.05, 0.1) is 5.02 Å². The lowest BCUT2D eigenvalue weighted by Gasteiger charge is -2.09. The third kappa shape index (κ3) is 4.81. The van der Waals surface area contributed by atoms with Crippen LogP contribution in [-0.2, 0) is 11.4 Å². The Kier molecular flexibility index (Phi) is 5.26. The Balaban J connectivity index is 2.06. The van der Waals surface area contributed by atoms with Gasteiger partial charge in [0, 0.05) is 11.1 Å². The van der Waals surface area contributed by atoms with E-state index in [2.05, 4.69) is 0 Å². The fourth-order valence-electron chi connectivity index (χ4n) is 1.69. The van der Waals surface area contributed by atoms with Gasteiger partial charge in [-0.2, -0.15) is 0 Å². The summed E-state index contributed by atoms with van der Waals surface area (Å²) in [6.45, 7) is 0.352. The lowest BCUT2D eigenvalue weighted by molar-refractivity contribution is -0.131. The Morgan fingerprint density at radius 3 is 2.67 bits per heavy atom. The molecule has 0 heterocycles. The summed E-state index contributed by atoms with van der Waals surface area (Å²) >= 11 is 12.0. The summed E-state index contributed by atoms with van der Waals surface area (Å²) in [5.74, 6) is -0.475. The van der Waals surface area contributed by atoms with E-state index in [0.29, 0.717) is 28.0 Å². The van der Waals surface area contributed by atoms with Crippen LogP contribution in [0, 0.1) is 0 Å². The van der Waals surface area contributed by atoms with Crippen LogP contribution in [-0.4, -0.2) is 11.1 Å². The Hall–Kier alpha value is -1.97. The van der Waals surface area contributed by atoms with Crippen LogP contribution in [0.3, 0.4) is 0 Å². The monoisotopic (exact) mass is 322 g/mol. The first-order chi connectivity index (χ1) is 10.0.